The molecule has 3 aromatic heterocycles. The van der Waals surface area contributed by atoms with Crippen molar-refractivity contribution < 1.29 is 18.0 Å². The topological polar surface area (TPSA) is 65.6 Å². The summed E-state index contributed by atoms with van der Waals surface area (Å²) in [5.74, 6) is -0.282. The molecule has 0 fully saturated rings. The molecule has 0 spiro atoms. The van der Waals surface area contributed by atoms with Crippen LogP contribution in [-0.4, -0.2) is 30.2 Å². The third-order valence-corrected chi connectivity index (χ3v) is 4.95. The van der Waals surface area contributed by atoms with E-state index in [0.29, 0.717) is 27.6 Å². The number of carbonyl (C=O) groups is 1. The van der Waals surface area contributed by atoms with E-state index in [1.54, 1.807) is 18.4 Å². The van der Waals surface area contributed by atoms with Crippen molar-refractivity contribution >= 4 is 17.2 Å². The van der Waals surface area contributed by atoms with E-state index in [1.165, 1.54) is 51.6 Å². The van der Waals surface area contributed by atoms with Gasteiger partial charge >= 0.3 is 6.18 Å². The van der Waals surface area contributed by atoms with Crippen molar-refractivity contribution in [1.29, 1.82) is 0 Å². The van der Waals surface area contributed by atoms with E-state index in [4.69, 9.17) is 0 Å². The third kappa shape index (κ3) is 3.22. The summed E-state index contributed by atoms with van der Waals surface area (Å²) in [6.07, 6.45) is 1.45. The van der Waals surface area contributed by atoms with Crippen LogP contribution in [0, 0.1) is 6.92 Å². The van der Waals surface area contributed by atoms with Crippen LogP contribution < -0.4 is 0 Å². The maximum Gasteiger partial charge on any atom is 0.416 e. The lowest BCUT2D eigenvalue weighted by molar-refractivity contribution is -0.137. The summed E-state index contributed by atoms with van der Waals surface area (Å²) in [5, 5.41) is 6.32. The average Bonchev–Trinajstić information content (AvgIpc) is 3.41. The molecule has 1 aromatic carbocycles. The van der Waals surface area contributed by atoms with Gasteiger partial charge in [-0.15, -0.1) is 11.3 Å². The van der Waals surface area contributed by atoms with Crippen LogP contribution >= 0.6 is 11.3 Å². The van der Waals surface area contributed by atoms with Crippen LogP contribution in [0.1, 0.15) is 21.6 Å². The second-order valence-electron chi connectivity index (χ2n) is 5.92. The molecule has 4 rings (SSSR count). The van der Waals surface area contributed by atoms with Gasteiger partial charge in [-0.05, 0) is 19.1 Å². The van der Waals surface area contributed by atoms with Gasteiger partial charge in [0.1, 0.15) is 6.33 Å². The van der Waals surface area contributed by atoms with Crippen molar-refractivity contribution in [2.24, 2.45) is 0 Å². The van der Waals surface area contributed by atoms with Crippen molar-refractivity contribution in [3.63, 3.8) is 0 Å². The van der Waals surface area contributed by atoms with E-state index in [2.05, 4.69) is 15.1 Å². The Labute approximate surface area is 160 Å². The molecule has 142 valence electrons. The molecule has 4 aromatic rings. The molecule has 0 saturated carbocycles. The first kappa shape index (κ1) is 18.1. The highest BCUT2D eigenvalue weighted by Crippen LogP contribution is 2.33. The Bertz CT molecular complexity index is 1140. The molecule has 3 heterocycles. The van der Waals surface area contributed by atoms with Crippen LogP contribution in [0.2, 0.25) is 0 Å². The molecule has 0 aliphatic rings. The van der Waals surface area contributed by atoms with Crippen LogP contribution in [0.15, 0.2) is 54.6 Å². The summed E-state index contributed by atoms with van der Waals surface area (Å²) in [6, 6.07) is 4.99. The SMILES string of the molecule is Cc1c(C(=O)n2ccnc2)cnn1-c1nc(-c2cccc(C(F)(F)F)c2)cs1. The van der Waals surface area contributed by atoms with E-state index >= 15 is 0 Å². The first-order valence-corrected chi connectivity index (χ1v) is 8.93. The summed E-state index contributed by atoms with van der Waals surface area (Å²) < 4.78 is 41.6. The fraction of sp³-hybridized carbons (Fsp3) is 0.111. The third-order valence-electron chi connectivity index (χ3n) is 4.14. The van der Waals surface area contributed by atoms with Crippen LogP contribution in [0.4, 0.5) is 13.2 Å². The molecule has 28 heavy (non-hydrogen) atoms. The molecule has 0 aliphatic heterocycles. The average molecular weight is 403 g/mol. The molecule has 0 amide bonds. The Kier molecular flexibility index (Phi) is 4.34. The van der Waals surface area contributed by atoms with Crippen molar-refractivity contribution in [2.75, 3.05) is 0 Å². The largest absolute Gasteiger partial charge is 0.416 e. The fourth-order valence-electron chi connectivity index (χ4n) is 2.68. The van der Waals surface area contributed by atoms with Gasteiger partial charge in [0.05, 0.1) is 28.7 Å². The standard InChI is InChI=1S/C18H12F3N5OS/c1-11-14(16(27)25-6-5-22-10-25)8-23-26(11)17-24-15(9-28-17)12-3-2-4-13(7-12)18(19,20)21/h2-10H,1H3. The number of benzene rings is 1. The number of alkyl halides is 3. The molecule has 0 aliphatic carbocycles. The Hall–Kier alpha value is -3.27. The molecule has 0 saturated heterocycles. The molecule has 0 unspecified atom stereocenters. The number of carbonyl (C=O) groups excluding carboxylic acids is 1. The maximum atomic E-state index is 12.9. The number of halogens is 3. The molecular weight excluding hydrogens is 391 g/mol. The Morgan fingerprint density at radius 3 is 2.79 bits per heavy atom. The molecule has 0 radical (unpaired) electrons. The number of nitrogens with zero attached hydrogens (tertiary/aromatic N) is 5. The van der Waals surface area contributed by atoms with Gasteiger partial charge in [-0.1, -0.05) is 12.1 Å². The van der Waals surface area contributed by atoms with Crippen molar-refractivity contribution in [2.45, 2.75) is 13.1 Å². The quantitative estimate of drug-likeness (QED) is 0.514. The highest BCUT2D eigenvalue weighted by molar-refractivity contribution is 7.12. The molecule has 6 nitrogen and oxygen atoms in total. The number of rotatable bonds is 3. The molecule has 0 N–H and O–H groups in total. The Balaban J connectivity index is 1.67. The second kappa shape index (κ2) is 6.71. The molecule has 0 atom stereocenters. The van der Waals surface area contributed by atoms with Crippen molar-refractivity contribution in [1.82, 2.24) is 24.3 Å². The number of imidazole rings is 1. The smallest absolute Gasteiger partial charge is 0.272 e. The molecular formula is C18H12F3N5OS. The fourth-order valence-corrected chi connectivity index (χ4v) is 3.52. The van der Waals surface area contributed by atoms with Gasteiger partial charge in [0.25, 0.3) is 5.91 Å². The highest BCUT2D eigenvalue weighted by Gasteiger charge is 2.30. The van der Waals surface area contributed by atoms with Crippen LogP contribution in [-0.2, 0) is 6.18 Å². The zero-order chi connectivity index (χ0) is 19.9. The maximum absolute atomic E-state index is 12.9. The van der Waals surface area contributed by atoms with Gasteiger partial charge in [-0.3, -0.25) is 9.36 Å². The number of aromatic nitrogens is 5. The van der Waals surface area contributed by atoms with E-state index in [1.807, 2.05) is 0 Å². The highest BCUT2D eigenvalue weighted by atomic mass is 32.1. The van der Waals surface area contributed by atoms with Gasteiger partial charge in [0, 0.05) is 23.3 Å². The minimum atomic E-state index is -4.42. The predicted molar refractivity (Wildman–Crippen MR) is 96.4 cm³/mol. The van der Waals surface area contributed by atoms with E-state index in [9.17, 15) is 18.0 Å². The van der Waals surface area contributed by atoms with Gasteiger partial charge in [0.15, 0.2) is 0 Å². The minimum Gasteiger partial charge on any atom is -0.272 e. The van der Waals surface area contributed by atoms with E-state index < -0.39 is 11.7 Å². The normalized spacial score (nSPS) is 11.7. The number of hydrogen-bond donors (Lipinski definition) is 0. The summed E-state index contributed by atoms with van der Waals surface area (Å²) >= 11 is 1.23. The van der Waals surface area contributed by atoms with Crippen LogP contribution in [0.5, 0.6) is 0 Å². The van der Waals surface area contributed by atoms with E-state index in [0.717, 1.165) is 12.1 Å². The van der Waals surface area contributed by atoms with Gasteiger partial charge in [0.2, 0.25) is 5.13 Å². The lowest BCUT2D eigenvalue weighted by Gasteiger charge is -2.07. The second-order valence-corrected chi connectivity index (χ2v) is 6.76. The number of hydrogen-bond acceptors (Lipinski definition) is 5. The lowest BCUT2D eigenvalue weighted by atomic mass is 10.1. The predicted octanol–water partition coefficient (Wildman–Crippen LogP) is 4.21. The van der Waals surface area contributed by atoms with Crippen LogP contribution in [0.25, 0.3) is 16.4 Å². The zero-order valence-corrected chi connectivity index (χ0v) is 15.2. The summed E-state index contributed by atoms with van der Waals surface area (Å²) in [4.78, 5) is 20.7. The zero-order valence-electron chi connectivity index (χ0n) is 14.4. The van der Waals surface area contributed by atoms with Crippen molar-refractivity contribution in [3.8, 4) is 16.4 Å². The minimum absolute atomic E-state index is 0.282. The van der Waals surface area contributed by atoms with Gasteiger partial charge < -0.3 is 0 Å². The van der Waals surface area contributed by atoms with Crippen LogP contribution in [0.3, 0.4) is 0 Å². The molecule has 10 heteroatoms. The Morgan fingerprint density at radius 1 is 1.25 bits per heavy atom. The van der Waals surface area contributed by atoms with Gasteiger partial charge in [-0.2, -0.15) is 18.3 Å². The first-order valence-electron chi connectivity index (χ1n) is 8.05. The lowest BCUT2D eigenvalue weighted by Crippen LogP contribution is -2.11. The van der Waals surface area contributed by atoms with E-state index in [-0.39, 0.29) is 5.91 Å². The first-order chi connectivity index (χ1) is 13.3. The van der Waals surface area contributed by atoms with Gasteiger partial charge in [-0.25, -0.2) is 14.6 Å². The Morgan fingerprint density at radius 2 is 2.07 bits per heavy atom. The molecule has 0 bridgehead atoms. The summed E-state index contributed by atoms with van der Waals surface area (Å²) in [7, 11) is 0. The monoisotopic (exact) mass is 403 g/mol. The number of thiazole rings is 1. The summed E-state index contributed by atoms with van der Waals surface area (Å²) in [5.41, 5.74) is 0.987. The summed E-state index contributed by atoms with van der Waals surface area (Å²) in [6.45, 7) is 1.72. The van der Waals surface area contributed by atoms with Crippen molar-refractivity contribution in [3.05, 3.63) is 71.4 Å².